The summed E-state index contributed by atoms with van der Waals surface area (Å²) in [4.78, 5) is 24.1. The van der Waals surface area contributed by atoms with Crippen LogP contribution in [0.5, 0.6) is 0 Å². The Balaban J connectivity index is 2.52. The first-order valence-electron chi connectivity index (χ1n) is 4.66. The molecule has 1 heterocycles. The zero-order chi connectivity index (χ0) is 10.4. The summed E-state index contributed by atoms with van der Waals surface area (Å²) in [5, 5.41) is 2.70. The van der Waals surface area contributed by atoms with E-state index in [4.69, 9.17) is 5.73 Å². The second-order valence-electron chi connectivity index (χ2n) is 3.10. The van der Waals surface area contributed by atoms with E-state index in [1.807, 2.05) is 0 Å². The van der Waals surface area contributed by atoms with Crippen LogP contribution in [0, 0.1) is 0 Å². The fourth-order valence-corrected chi connectivity index (χ4v) is 1.27. The number of carbonyl (C=O) groups excluding carboxylic acids is 2. The average molecular weight is 197 g/mol. The van der Waals surface area contributed by atoms with Crippen molar-refractivity contribution < 1.29 is 9.59 Å². The molecule has 0 aromatic rings. The van der Waals surface area contributed by atoms with Crippen molar-refractivity contribution in [3.63, 3.8) is 0 Å². The van der Waals surface area contributed by atoms with Gasteiger partial charge in [-0.25, -0.2) is 0 Å². The summed E-state index contributed by atoms with van der Waals surface area (Å²) in [5.41, 5.74) is 5.23. The van der Waals surface area contributed by atoms with E-state index in [0.29, 0.717) is 19.6 Å². The minimum Gasteiger partial charge on any atom is -0.354 e. The first-order chi connectivity index (χ1) is 6.74. The van der Waals surface area contributed by atoms with Crippen molar-refractivity contribution in [1.29, 1.82) is 0 Å². The van der Waals surface area contributed by atoms with Crippen molar-refractivity contribution in [3.8, 4) is 0 Å². The number of nitrogens with two attached hydrogens (primary N) is 1. The zero-order valence-electron chi connectivity index (χ0n) is 8.03. The molecule has 0 radical (unpaired) electrons. The summed E-state index contributed by atoms with van der Waals surface area (Å²) in [6.45, 7) is 1.75. The molecule has 3 N–H and O–H groups in total. The number of carbonyl (C=O) groups is 2. The summed E-state index contributed by atoms with van der Waals surface area (Å²) >= 11 is 0. The molecule has 0 aromatic heterocycles. The van der Waals surface area contributed by atoms with Gasteiger partial charge in [0, 0.05) is 25.7 Å². The highest BCUT2D eigenvalue weighted by Crippen LogP contribution is 1.97. The van der Waals surface area contributed by atoms with Gasteiger partial charge in [-0.1, -0.05) is 6.08 Å². The van der Waals surface area contributed by atoms with Gasteiger partial charge in [-0.3, -0.25) is 9.59 Å². The highest BCUT2D eigenvalue weighted by molar-refractivity contribution is 5.91. The van der Waals surface area contributed by atoms with Gasteiger partial charge in [-0.05, 0) is 6.42 Å². The summed E-state index contributed by atoms with van der Waals surface area (Å²) in [7, 11) is 0. The number of rotatable bonds is 2. The molecule has 0 spiro atoms. The predicted molar refractivity (Wildman–Crippen MR) is 52.4 cm³/mol. The molecule has 1 saturated heterocycles. The molecule has 5 nitrogen and oxygen atoms in total. The lowest BCUT2D eigenvalue weighted by Gasteiger charge is -2.16. The Labute approximate surface area is 82.9 Å². The third-order valence-corrected chi connectivity index (χ3v) is 1.97. The Morgan fingerprint density at radius 1 is 1.64 bits per heavy atom. The molecule has 0 atom stereocenters. The molecule has 1 aliphatic heterocycles. The molecule has 1 aliphatic rings. The summed E-state index contributed by atoms with van der Waals surface area (Å²) in [5.74, 6) is -0.246. The zero-order valence-corrected chi connectivity index (χ0v) is 8.03. The second kappa shape index (κ2) is 5.39. The molecule has 1 fully saturated rings. The first kappa shape index (κ1) is 10.7. The minimum absolute atomic E-state index is 0.100. The van der Waals surface area contributed by atoms with Gasteiger partial charge in [-0.15, -0.1) is 0 Å². The highest BCUT2D eigenvalue weighted by atomic mass is 16.2. The van der Waals surface area contributed by atoms with E-state index in [-0.39, 0.29) is 18.4 Å². The molecule has 2 amide bonds. The van der Waals surface area contributed by atoms with Gasteiger partial charge in [-0.2, -0.15) is 0 Å². The molecule has 14 heavy (non-hydrogen) atoms. The van der Waals surface area contributed by atoms with Gasteiger partial charge in [0.05, 0.1) is 6.54 Å². The van der Waals surface area contributed by atoms with Gasteiger partial charge in [0.2, 0.25) is 11.8 Å². The average Bonchev–Trinajstić information content (AvgIpc) is 2.39. The Morgan fingerprint density at radius 2 is 2.43 bits per heavy atom. The van der Waals surface area contributed by atoms with Crippen LogP contribution in [-0.4, -0.2) is 42.9 Å². The minimum atomic E-state index is -0.146. The largest absolute Gasteiger partial charge is 0.354 e. The van der Waals surface area contributed by atoms with Crippen LogP contribution < -0.4 is 11.1 Å². The maximum absolute atomic E-state index is 11.5. The molecule has 78 valence electrons. The molecule has 0 bridgehead atoms. The normalized spacial score (nSPS) is 18.1. The number of hydrogen-bond acceptors (Lipinski definition) is 3. The van der Waals surface area contributed by atoms with Gasteiger partial charge in [0.25, 0.3) is 0 Å². The molecule has 1 rings (SSSR count). The lowest BCUT2D eigenvalue weighted by molar-refractivity contribution is -0.131. The SMILES string of the molecule is NC/C=C/C(=O)N1CCCNC(=O)C1. The van der Waals surface area contributed by atoms with Crippen molar-refractivity contribution >= 4 is 11.8 Å². The van der Waals surface area contributed by atoms with E-state index in [9.17, 15) is 9.59 Å². The summed E-state index contributed by atoms with van der Waals surface area (Å²) in [6.07, 6.45) is 3.80. The number of hydrogen-bond donors (Lipinski definition) is 2. The standard InChI is InChI=1S/C9H15N3O2/c10-4-1-3-9(14)12-6-2-5-11-8(13)7-12/h1,3H,2,4-7,10H2,(H,11,13)/b3-1+. The molecule has 0 unspecified atom stereocenters. The van der Waals surface area contributed by atoms with Gasteiger partial charge in [0.15, 0.2) is 0 Å². The molecular formula is C9H15N3O2. The Bertz CT molecular complexity index is 250. The highest BCUT2D eigenvalue weighted by Gasteiger charge is 2.17. The van der Waals surface area contributed by atoms with E-state index in [1.54, 1.807) is 6.08 Å². The van der Waals surface area contributed by atoms with Crippen molar-refractivity contribution in [2.45, 2.75) is 6.42 Å². The molecule has 0 aliphatic carbocycles. The van der Waals surface area contributed by atoms with Crippen LogP contribution in [0.1, 0.15) is 6.42 Å². The Morgan fingerprint density at radius 3 is 3.14 bits per heavy atom. The van der Waals surface area contributed by atoms with Gasteiger partial charge >= 0.3 is 0 Å². The number of nitrogens with one attached hydrogen (secondary N) is 1. The van der Waals surface area contributed by atoms with E-state index in [2.05, 4.69) is 5.32 Å². The third kappa shape index (κ3) is 3.18. The van der Waals surface area contributed by atoms with Gasteiger partial charge < -0.3 is 16.0 Å². The van der Waals surface area contributed by atoms with Crippen molar-refractivity contribution in [3.05, 3.63) is 12.2 Å². The van der Waals surface area contributed by atoms with E-state index >= 15 is 0 Å². The first-order valence-corrected chi connectivity index (χ1v) is 4.66. The van der Waals surface area contributed by atoms with Crippen molar-refractivity contribution in [2.75, 3.05) is 26.2 Å². The van der Waals surface area contributed by atoms with Crippen LogP contribution in [0.2, 0.25) is 0 Å². The fraction of sp³-hybridized carbons (Fsp3) is 0.556. The van der Waals surface area contributed by atoms with Crippen LogP contribution in [0.15, 0.2) is 12.2 Å². The number of nitrogens with zero attached hydrogens (tertiary/aromatic N) is 1. The lowest BCUT2D eigenvalue weighted by atomic mass is 10.3. The van der Waals surface area contributed by atoms with Crippen LogP contribution in [-0.2, 0) is 9.59 Å². The second-order valence-corrected chi connectivity index (χ2v) is 3.10. The van der Waals surface area contributed by atoms with Crippen LogP contribution >= 0.6 is 0 Å². The van der Waals surface area contributed by atoms with Crippen LogP contribution in [0.3, 0.4) is 0 Å². The Hall–Kier alpha value is -1.36. The molecule has 5 heteroatoms. The number of amides is 2. The maximum atomic E-state index is 11.5. The fourth-order valence-electron chi connectivity index (χ4n) is 1.27. The van der Waals surface area contributed by atoms with Crippen molar-refractivity contribution in [2.24, 2.45) is 5.73 Å². The smallest absolute Gasteiger partial charge is 0.246 e. The lowest BCUT2D eigenvalue weighted by Crippen LogP contribution is -2.36. The van der Waals surface area contributed by atoms with Crippen molar-refractivity contribution in [1.82, 2.24) is 10.2 Å². The molecular weight excluding hydrogens is 182 g/mol. The molecule has 0 saturated carbocycles. The quantitative estimate of drug-likeness (QED) is 0.549. The van der Waals surface area contributed by atoms with E-state index in [0.717, 1.165) is 6.42 Å². The van der Waals surface area contributed by atoms with E-state index in [1.165, 1.54) is 11.0 Å². The molecule has 0 aromatic carbocycles. The van der Waals surface area contributed by atoms with Gasteiger partial charge in [0.1, 0.15) is 0 Å². The summed E-state index contributed by atoms with van der Waals surface area (Å²) in [6, 6.07) is 0. The monoisotopic (exact) mass is 197 g/mol. The topological polar surface area (TPSA) is 75.4 Å². The predicted octanol–water partition coefficient (Wildman–Crippen LogP) is -1.15. The van der Waals surface area contributed by atoms with E-state index < -0.39 is 0 Å². The van der Waals surface area contributed by atoms with Crippen LogP contribution in [0.25, 0.3) is 0 Å². The summed E-state index contributed by atoms with van der Waals surface area (Å²) < 4.78 is 0. The maximum Gasteiger partial charge on any atom is 0.246 e. The third-order valence-electron chi connectivity index (χ3n) is 1.97. The Kier molecular flexibility index (Phi) is 4.12. The van der Waals surface area contributed by atoms with Crippen LogP contribution in [0.4, 0.5) is 0 Å².